The molecule has 49 heavy (non-hydrogen) atoms. The number of hydrogen-bond donors (Lipinski definition) is 1. The molecule has 3 saturated heterocycles. The first-order valence-corrected chi connectivity index (χ1v) is 15.8. The van der Waals surface area contributed by atoms with Crippen molar-refractivity contribution in [1.29, 1.82) is 0 Å². The number of aromatic nitrogens is 4. The van der Waals surface area contributed by atoms with Gasteiger partial charge in [0.25, 0.3) is 6.43 Å². The van der Waals surface area contributed by atoms with Crippen molar-refractivity contribution in [3.63, 3.8) is 0 Å². The van der Waals surface area contributed by atoms with Crippen LogP contribution in [0.4, 0.5) is 20.3 Å². The number of carboxylic acids is 1. The smallest absolute Gasteiger partial charge is 0.326 e. The molecule has 1 aromatic carbocycles. The molecule has 12 nitrogen and oxygen atoms in total. The number of benzene rings is 1. The van der Waals surface area contributed by atoms with Gasteiger partial charge in [-0.05, 0) is 43.2 Å². The number of aliphatic carboxylic acids is 1. The summed E-state index contributed by atoms with van der Waals surface area (Å²) in [6, 6.07) is 13.0. The summed E-state index contributed by atoms with van der Waals surface area (Å²) in [5, 5.41) is 10.8. The molecule has 250 valence electrons. The number of fused-ring (bicyclic) bond motifs is 3. The molecule has 0 bridgehead atoms. The van der Waals surface area contributed by atoms with Crippen LogP contribution >= 0.6 is 0 Å². The van der Waals surface area contributed by atoms with Crippen molar-refractivity contribution in [2.24, 2.45) is 0 Å². The molecule has 3 fully saturated rings. The van der Waals surface area contributed by atoms with Gasteiger partial charge in [-0.1, -0.05) is 24.1 Å². The average Bonchev–Trinajstić information content (AvgIpc) is 3.69. The highest BCUT2D eigenvalue weighted by Gasteiger charge is 2.50. The third-order valence-corrected chi connectivity index (χ3v) is 9.30. The maximum atomic E-state index is 14.1. The number of carboxylic acid groups (broad SMARTS) is 1. The van der Waals surface area contributed by atoms with E-state index in [0.29, 0.717) is 54.3 Å². The van der Waals surface area contributed by atoms with E-state index in [1.54, 1.807) is 36.7 Å². The van der Waals surface area contributed by atoms with E-state index in [9.17, 15) is 18.7 Å². The summed E-state index contributed by atoms with van der Waals surface area (Å²) in [7, 11) is 0. The van der Waals surface area contributed by atoms with Gasteiger partial charge in [0.15, 0.2) is 17.2 Å². The van der Waals surface area contributed by atoms with Gasteiger partial charge in [0, 0.05) is 36.3 Å². The number of morpholine rings is 1. The summed E-state index contributed by atoms with van der Waals surface area (Å²) >= 11 is 0. The van der Waals surface area contributed by atoms with Crippen molar-refractivity contribution in [3.8, 4) is 17.7 Å². The number of carbonyl (C=O) groups is 1. The fourth-order valence-electron chi connectivity index (χ4n) is 6.68. The predicted octanol–water partition coefficient (Wildman–Crippen LogP) is 4.61. The number of nitrogens with zero attached hydrogens (tertiary/aromatic N) is 6. The van der Waals surface area contributed by atoms with Crippen LogP contribution in [0.1, 0.15) is 36.9 Å². The molecule has 3 aliphatic heterocycles. The van der Waals surface area contributed by atoms with Crippen molar-refractivity contribution in [2.45, 2.75) is 43.6 Å². The summed E-state index contributed by atoms with van der Waals surface area (Å²) < 4.78 is 52.3. The molecule has 4 aromatic heterocycles. The molecule has 1 N–H and O–H groups in total. The Morgan fingerprint density at radius 1 is 1.10 bits per heavy atom. The van der Waals surface area contributed by atoms with Crippen molar-refractivity contribution in [3.05, 3.63) is 78.0 Å². The quantitative estimate of drug-likeness (QED) is 0.253. The van der Waals surface area contributed by atoms with Gasteiger partial charge < -0.3 is 33.5 Å². The highest BCUT2D eigenvalue weighted by Crippen LogP contribution is 2.41. The zero-order valence-corrected chi connectivity index (χ0v) is 26.3. The molecule has 1 spiro atoms. The van der Waals surface area contributed by atoms with Gasteiger partial charge in [-0.25, -0.2) is 33.5 Å². The summed E-state index contributed by atoms with van der Waals surface area (Å²) in [4.78, 5) is 33.4. The third kappa shape index (κ3) is 5.54. The van der Waals surface area contributed by atoms with E-state index in [4.69, 9.17) is 18.6 Å². The van der Waals surface area contributed by atoms with Crippen LogP contribution in [-0.4, -0.2) is 87.7 Å². The average molecular weight is 669 g/mol. The number of furan rings is 1. The Balaban J connectivity index is 1.16. The van der Waals surface area contributed by atoms with E-state index < -0.39 is 36.0 Å². The second-order valence-electron chi connectivity index (χ2n) is 12.3. The van der Waals surface area contributed by atoms with E-state index in [0.717, 1.165) is 0 Å². The molecule has 3 atom stereocenters. The lowest BCUT2D eigenvalue weighted by molar-refractivity contribution is -0.228. The number of alkyl halides is 2. The molecule has 0 unspecified atom stereocenters. The number of pyridine rings is 2. The van der Waals surface area contributed by atoms with Gasteiger partial charge in [-0.15, -0.1) is 0 Å². The van der Waals surface area contributed by atoms with Gasteiger partial charge in [0.1, 0.15) is 40.2 Å². The minimum absolute atomic E-state index is 0.0155. The molecule has 0 radical (unpaired) electrons. The van der Waals surface area contributed by atoms with Crippen LogP contribution in [0.5, 0.6) is 5.88 Å². The highest BCUT2D eigenvalue weighted by atomic mass is 19.3. The SMILES string of the molecule is C[C@@H]1N(c2cc(C#Cc3ccccn3)cnc2O[C@H]2C[C@@H](C(=O)O)N(c3nc(C(F)F)nc4c3oc3ccccc34)C2)CCOC12COC2. The Morgan fingerprint density at radius 2 is 1.94 bits per heavy atom. The second-order valence-corrected chi connectivity index (χ2v) is 12.3. The van der Waals surface area contributed by atoms with E-state index in [1.807, 2.05) is 24.3 Å². The Morgan fingerprint density at radius 3 is 2.69 bits per heavy atom. The predicted molar refractivity (Wildman–Crippen MR) is 173 cm³/mol. The Labute approximate surface area is 278 Å². The van der Waals surface area contributed by atoms with Gasteiger partial charge in [0.2, 0.25) is 5.88 Å². The van der Waals surface area contributed by atoms with Gasteiger partial charge in [-0.2, -0.15) is 0 Å². The summed E-state index contributed by atoms with van der Waals surface area (Å²) in [5.41, 5.74) is 2.17. The maximum Gasteiger partial charge on any atom is 0.326 e. The van der Waals surface area contributed by atoms with Crippen molar-refractivity contribution < 1.29 is 37.3 Å². The molecular weight excluding hydrogens is 638 g/mol. The standard InChI is InChI=1S/C35H30F2N6O6/c1-20-35(18-46-19-35)47-13-12-42(20)25-14-21(9-10-22-6-4-5-11-38-22)16-39-33(25)48-23-15-26(34(44)45)43(17-23)32-29-28(40-31(41-32)30(36)37)24-7-2-3-8-27(24)49-29/h2-8,11,14,16,20,23,26,30H,12-13,15,17-19H2,1H3,(H,44,45)/t20-,23-,26-/m0/s1. The van der Waals surface area contributed by atoms with E-state index in [2.05, 4.69) is 43.6 Å². The second kappa shape index (κ2) is 12.2. The number of anilines is 2. The summed E-state index contributed by atoms with van der Waals surface area (Å²) in [6.45, 7) is 4.00. The third-order valence-electron chi connectivity index (χ3n) is 9.30. The first-order chi connectivity index (χ1) is 23.8. The van der Waals surface area contributed by atoms with Gasteiger partial charge in [0.05, 0.1) is 32.4 Å². The normalized spacial score (nSPS) is 21.6. The van der Waals surface area contributed by atoms with Crippen LogP contribution in [0.15, 0.2) is 65.3 Å². The largest absolute Gasteiger partial charge is 0.480 e. The highest BCUT2D eigenvalue weighted by molar-refractivity contribution is 6.06. The van der Waals surface area contributed by atoms with E-state index >= 15 is 0 Å². The molecule has 5 aromatic rings. The topological polar surface area (TPSA) is 136 Å². The number of hydrogen-bond acceptors (Lipinski definition) is 11. The molecule has 7 heterocycles. The van der Waals surface area contributed by atoms with Crippen LogP contribution in [0, 0.1) is 11.8 Å². The number of rotatable bonds is 6. The maximum absolute atomic E-state index is 14.1. The molecule has 14 heteroatoms. The minimum atomic E-state index is -2.99. The lowest BCUT2D eigenvalue weighted by Gasteiger charge is -2.53. The number of ether oxygens (including phenoxy) is 3. The van der Waals surface area contributed by atoms with E-state index in [1.165, 1.54) is 4.90 Å². The Hall–Kier alpha value is -5.39. The van der Waals surface area contributed by atoms with Crippen molar-refractivity contribution >= 4 is 39.5 Å². The van der Waals surface area contributed by atoms with Gasteiger partial charge in [-0.3, -0.25) is 0 Å². The Kier molecular flexibility index (Phi) is 7.73. The number of halogens is 2. The Bertz CT molecular complexity index is 2110. The lowest BCUT2D eigenvalue weighted by atomic mass is 9.90. The van der Waals surface area contributed by atoms with Crippen LogP contribution < -0.4 is 14.5 Å². The molecule has 0 aliphatic carbocycles. The monoisotopic (exact) mass is 668 g/mol. The molecule has 3 aliphatic rings. The molecule has 0 saturated carbocycles. The van der Waals surface area contributed by atoms with Crippen LogP contribution in [-0.2, 0) is 14.3 Å². The van der Waals surface area contributed by atoms with Crippen molar-refractivity contribution in [2.75, 3.05) is 42.7 Å². The number of para-hydroxylation sites is 1. The zero-order chi connectivity index (χ0) is 33.7. The van der Waals surface area contributed by atoms with E-state index in [-0.39, 0.29) is 41.8 Å². The molecule has 0 amide bonds. The zero-order valence-electron chi connectivity index (χ0n) is 26.3. The fraction of sp³-hybridized carbons (Fsp3) is 0.343. The van der Waals surface area contributed by atoms with Gasteiger partial charge >= 0.3 is 5.97 Å². The molecular formula is C35H30F2N6O6. The lowest BCUT2D eigenvalue weighted by Crippen LogP contribution is -2.68. The van der Waals surface area contributed by atoms with Crippen LogP contribution in [0.2, 0.25) is 0 Å². The molecule has 8 rings (SSSR count). The summed E-state index contributed by atoms with van der Waals surface area (Å²) in [5.74, 6) is 4.57. The van der Waals surface area contributed by atoms with Crippen LogP contribution in [0.3, 0.4) is 0 Å². The fourth-order valence-corrected chi connectivity index (χ4v) is 6.68. The summed E-state index contributed by atoms with van der Waals surface area (Å²) in [6.07, 6.45) is -0.380. The van der Waals surface area contributed by atoms with Crippen molar-refractivity contribution in [1.82, 2.24) is 19.9 Å². The minimum Gasteiger partial charge on any atom is -0.480 e. The first kappa shape index (κ1) is 30.9. The van der Waals surface area contributed by atoms with Crippen LogP contribution in [0.25, 0.3) is 22.1 Å². The first-order valence-electron chi connectivity index (χ1n) is 15.8.